The van der Waals surface area contributed by atoms with Crippen LogP contribution in [0.3, 0.4) is 0 Å². The van der Waals surface area contributed by atoms with Gasteiger partial charge in [-0.2, -0.15) is 5.10 Å². The van der Waals surface area contributed by atoms with E-state index in [1.807, 2.05) is 12.1 Å². The average Bonchev–Trinajstić information content (AvgIpc) is 2.52. The van der Waals surface area contributed by atoms with Crippen molar-refractivity contribution in [2.24, 2.45) is 0 Å². The van der Waals surface area contributed by atoms with Crippen LogP contribution in [-0.2, 0) is 0 Å². The zero-order valence-electron chi connectivity index (χ0n) is 6.24. The lowest BCUT2D eigenvalue weighted by Crippen LogP contribution is -1.79. The fraction of sp³-hybridized carbons (Fsp3) is 0. The van der Waals surface area contributed by atoms with Gasteiger partial charge in [-0.25, -0.2) is 0 Å². The van der Waals surface area contributed by atoms with Crippen molar-refractivity contribution in [2.75, 3.05) is 0 Å². The predicted octanol–water partition coefficient (Wildman–Crippen LogP) is 2.64. The first kappa shape index (κ1) is 6.31. The Morgan fingerprint density at radius 3 is 3.33 bits per heavy atom. The predicted molar refractivity (Wildman–Crippen MR) is 51.0 cm³/mol. The molecule has 0 fully saturated rings. The van der Waals surface area contributed by atoms with E-state index in [0.717, 1.165) is 11.2 Å². The highest BCUT2D eigenvalue weighted by atomic mass is 32.2. The van der Waals surface area contributed by atoms with Gasteiger partial charge in [0.05, 0.1) is 11.2 Å². The maximum atomic E-state index is 4.20. The first-order chi connectivity index (χ1) is 5.95. The van der Waals surface area contributed by atoms with Crippen LogP contribution in [0.5, 0.6) is 0 Å². The lowest BCUT2D eigenvalue weighted by atomic mass is 10.2. The minimum atomic E-state index is 1.05. The van der Waals surface area contributed by atoms with Crippen LogP contribution < -0.4 is 0 Å². The summed E-state index contributed by atoms with van der Waals surface area (Å²) in [7, 11) is 0. The standard InChI is InChI=1S/C9H6N2S/c1-2-6-9-7(11-10-6)4-5-12-8(9)3-1/h1-5H,(H,10,11). The van der Waals surface area contributed by atoms with E-state index in [9.17, 15) is 0 Å². The molecule has 0 aliphatic carbocycles. The van der Waals surface area contributed by atoms with Crippen molar-refractivity contribution in [3.63, 3.8) is 0 Å². The van der Waals surface area contributed by atoms with Crippen LogP contribution >= 0.6 is 11.8 Å². The molecule has 2 aromatic rings. The van der Waals surface area contributed by atoms with Gasteiger partial charge in [-0.05, 0) is 23.6 Å². The Bertz CT molecular complexity index is 470. The number of benzene rings is 1. The normalized spacial score (nSPS) is 14.0. The fourth-order valence-electron chi connectivity index (χ4n) is 1.46. The molecule has 1 aliphatic rings. The SMILES string of the molecule is C1=Cc2n[nH]c3cccc(c23)S1. The van der Waals surface area contributed by atoms with Gasteiger partial charge in [0, 0.05) is 10.3 Å². The number of nitrogens with one attached hydrogen (secondary N) is 1. The van der Waals surface area contributed by atoms with Crippen LogP contribution in [0.2, 0.25) is 0 Å². The maximum Gasteiger partial charge on any atom is 0.0943 e. The summed E-state index contributed by atoms with van der Waals surface area (Å²) in [6.45, 7) is 0. The van der Waals surface area contributed by atoms with E-state index in [0.29, 0.717) is 0 Å². The van der Waals surface area contributed by atoms with Gasteiger partial charge >= 0.3 is 0 Å². The second-order valence-corrected chi connectivity index (χ2v) is 3.66. The monoisotopic (exact) mass is 174 g/mol. The molecule has 1 N–H and O–H groups in total. The van der Waals surface area contributed by atoms with Crippen molar-refractivity contribution in [1.82, 2.24) is 10.2 Å². The van der Waals surface area contributed by atoms with E-state index in [4.69, 9.17) is 0 Å². The van der Waals surface area contributed by atoms with E-state index in [2.05, 4.69) is 27.7 Å². The molecule has 2 heterocycles. The molecule has 12 heavy (non-hydrogen) atoms. The topological polar surface area (TPSA) is 28.7 Å². The molecule has 0 saturated heterocycles. The zero-order chi connectivity index (χ0) is 7.97. The molecule has 0 radical (unpaired) electrons. The Morgan fingerprint density at radius 1 is 1.33 bits per heavy atom. The maximum absolute atomic E-state index is 4.20. The van der Waals surface area contributed by atoms with Gasteiger partial charge in [-0.15, -0.1) is 0 Å². The summed E-state index contributed by atoms with van der Waals surface area (Å²) in [6, 6.07) is 6.22. The second-order valence-electron chi connectivity index (χ2n) is 2.71. The van der Waals surface area contributed by atoms with E-state index in [-0.39, 0.29) is 0 Å². The lowest BCUT2D eigenvalue weighted by Gasteiger charge is -2.03. The Balaban J connectivity index is 2.57. The van der Waals surface area contributed by atoms with Crippen LogP contribution in [0.15, 0.2) is 28.5 Å². The Labute approximate surface area is 73.7 Å². The highest BCUT2D eigenvalue weighted by Crippen LogP contribution is 2.34. The van der Waals surface area contributed by atoms with Gasteiger partial charge in [0.15, 0.2) is 0 Å². The van der Waals surface area contributed by atoms with Crippen molar-refractivity contribution >= 4 is 28.7 Å². The molecule has 3 rings (SSSR count). The first-order valence-corrected chi connectivity index (χ1v) is 4.63. The Kier molecular flexibility index (Phi) is 1.12. The number of aromatic nitrogens is 2. The van der Waals surface area contributed by atoms with Crippen LogP contribution in [-0.4, -0.2) is 10.2 Å². The number of thioether (sulfide) groups is 1. The molecule has 0 amide bonds. The van der Waals surface area contributed by atoms with Crippen molar-refractivity contribution in [3.8, 4) is 0 Å². The molecular formula is C9H6N2S. The number of rotatable bonds is 0. The molecule has 1 aromatic heterocycles. The van der Waals surface area contributed by atoms with E-state index in [1.165, 1.54) is 10.3 Å². The number of aromatic amines is 1. The van der Waals surface area contributed by atoms with Crippen molar-refractivity contribution < 1.29 is 0 Å². The van der Waals surface area contributed by atoms with E-state index in [1.54, 1.807) is 11.8 Å². The van der Waals surface area contributed by atoms with E-state index >= 15 is 0 Å². The molecule has 0 saturated carbocycles. The summed E-state index contributed by atoms with van der Waals surface area (Å²) in [6.07, 6.45) is 2.04. The summed E-state index contributed by atoms with van der Waals surface area (Å²) in [4.78, 5) is 1.29. The highest BCUT2D eigenvalue weighted by Gasteiger charge is 2.10. The quantitative estimate of drug-likeness (QED) is 0.665. The first-order valence-electron chi connectivity index (χ1n) is 3.75. The summed E-state index contributed by atoms with van der Waals surface area (Å²) in [5.41, 5.74) is 2.18. The number of H-pyrrole nitrogens is 1. The van der Waals surface area contributed by atoms with Crippen molar-refractivity contribution in [3.05, 3.63) is 29.3 Å². The number of hydrogen-bond acceptors (Lipinski definition) is 2. The largest absolute Gasteiger partial charge is 0.277 e. The molecular weight excluding hydrogens is 168 g/mol. The average molecular weight is 174 g/mol. The van der Waals surface area contributed by atoms with Gasteiger partial charge in [0.1, 0.15) is 0 Å². The summed E-state index contributed by atoms with van der Waals surface area (Å²) in [5.74, 6) is 0. The summed E-state index contributed by atoms with van der Waals surface area (Å²) >= 11 is 1.75. The van der Waals surface area contributed by atoms with Gasteiger partial charge in [0.25, 0.3) is 0 Å². The smallest absolute Gasteiger partial charge is 0.0943 e. The molecule has 0 unspecified atom stereocenters. The Hall–Kier alpha value is -1.22. The van der Waals surface area contributed by atoms with Crippen molar-refractivity contribution in [2.45, 2.75) is 4.90 Å². The molecule has 58 valence electrons. The van der Waals surface area contributed by atoms with Gasteiger partial charge in [-0.3, -0.25) is 5.10 Å². The lowest BCUT2D eigenvalue weighted by molar-refractivity contribution is 1.11. The highest BCUT2D eigenvalue weighted by molar-refractivity contribution is 8.02. The molecule has 0 spiro atoms. The van der Waals surface area contributed by atoms with Crippen LogP contribution in [0.1, 0.15) is 5.69 Å². The Morgan fingerprint density at radius 2 is 2.33 bits per heavy atom. The van der Waals surface area contributed by atoms with Crippen LogP contribution in [0.4, 0.5) is 0 Å². The molecule has 2 nitrogen and oxygen atoms in total. The molecule has 0 bridgehead atoms. The third-order valence-electron chi connectivity index (χ3n) is 2.00. The summed E-state index contributed by atoms with van der Waals surface area (Å²) in [5, 5.41) is 10.5. The zero-order valence-corrected chi connectivity index (χ0v) is 7.06. The molecule has 0 atom stereocenters. The van der Waals surface area contributed by atoms with Crippen LogP contribution in [0.25, 0.3) is 17.0 Å². The van der Waals surface area contributed by atoms with Gasteiger partial charge in [-0.1, -0.05) is 17.8 Å². The fourth-order valence-corrected chi connectivity index (χ4v) is 2.29. The minimum Gasteiger partial charge on any atom is -0.277 e. The summed E-state index contributed by atoms with van der Waals surface area (Å²) < 4.78 is 0. The third kappa shape index (κ3) is 0.689. The van der Waals surface area contributed by atoms with Crippen molar-refractivity contribution in [1.29, 1.82) is 0 Å². The van der Waals surface area contributed by atoms with Gasteiger partial charge in [0.2, 0.25) is 0 Å². The number of hydrogen-bond donors (Lipinski definition) is 1. The molecule has 1 aliphatic heterocycles. The van der Waals surface area contributed by atoms with Gasteiger partial charge < -0.3 is 0 Å². The molecule has 3 heteroatoms. The molecule has 1 aromatic carbocycles. The minimum absolute atomic E-state index is 1.05. The number of nitrogens with zero attached hydrogens (tertiary/aromatic N) is 1. The third-order valence-corrected chi connectivity index (χ3v) is 2.87. The van der Waals surface area contributed by atoms with Crippen LogP contribution in [0, 0.1) is 0 Å². The van der Waals surface area contributed by atoms with E-state index < -0.39 is 0 Å². The second kappa shape index (κ2) is 2.14.